The molecule has 0 radical (unpaired) electrons. The molecule has 2 saturated heterocycles. The number of thioether (sulfide) groups is 1. The number of β-amino-alcohol motifs (C(OH)–C–C–N with tert-alkyl or cyclic N) is 1. The minimum Gasteiger partial charge on any atom is -0.465 e. The summed E-state index contributed by atoms with van der Waals surface area (Å²) in [4.78, 5) is 47.5. The normalized spacial score (nSPS) is 33.2. The number of aliphatic hydroxyl groups is 1. The lowest BCUT2D eigenvalue weighted by Crippen LogP contribution is -2.54. The molecule has 4 aliphatic rings. The van der Waals surface area contributed by atoms with Crippen LogP contribution in [0.1, 0.15) is 40.0 Å². The van der Waals surface area contributed by atoms with E-state index < -0.39 is 27.4 Å². The average Bonchev–Trinajstić information content (AvgIpc) is 3.24. The van der Waals surface area contributed by atoms with Crippen molar-refractivity contribution in [1.29, 1.82) is 0 Å². The van der Waals surface area contributed by atoms with E-state index in [0.717, 1.165) is 43.7 Å². The van der Waals surface area contributed by atoms with Crippen LogP contribution in [-0.4, -0.2) is 82.7 Å². The number of aliphatic hydroxyl groups excluding tert-OH is 1. The molecular formula is C30H39N3O5S. The maximum absolute atomic E-state index is 14.4. The van der Waals surface area contributed by atoms with E-state index in [1.807, 2.05) is 43.3 Å². The van der Waals surface area contributed by atoms with E-state index in [0.29, 0.717) is 13.2 Å². The number of benzene rings is 1. The maximum Gasteiger partial charge on any atom is 0.311 e. The van der Waals surface area contributed by atoms with Crippen molar-refractivity contribution in [2.24, 2.45) is 11.8 Å². The Kier molecular flexibility index (Phi) is 7.84. The molecule has 4 aliphatic heterocycles. The van der Waals surface area contributed by atoms with Crippen molar-refractivity contribution in [3.05, 3.63) is 48.6 Å². The third-order valence-electron chi connectivity index (χ3n) is 8.63. The first-order valence-electron chi connectivity index (χ1n) is 14.1. The Labute approximate surface area is 235 Å². The van der Waals surface area contributed by atoms with Crippen molar-refractivity contribution in [3.8, 4) is 0 Å². The fraction of sp³-hybridized carbons (Fsp3) is 0.567. The van der Waals surface area contributed by atoms with Gasteiger partial charge in [0.1, 0.15) is 6.04 Å². The quantitative estimate of drug-likeness (QED) is 0.427. The molecular weight excluding hydrogens is 514 g/mol. The zero-order valence-electron chi connectivity index (χ0n) is 23.0. The lowest BCUT2D eigenvalue weighted by atomic mass is 9.74. The second-order valence-corrected chi connectivity index (χ2v) is 12.6. The molecule has 0 aromatic heterocycles. The average molecular weight is 554 g/mol. The van der Waals surface area contributed by atoms with E-state index >= 15 is 0 Å². The zero-order valence-corrected chi connectivity index (χ0v) is 23.9. The van der Waals surface area contributed by atoms with Gasteiger partial charge in [0.25, 0.3) is 5.91 Å². The van der Waals surface area contributed by atoms with Gasteiger partial charge in [-0.3, -0.25) is 14.4 Å². The number of cyclic esters (lactones) is 1. The number of fused-ring (bicyclic) bond motifs is 2. The molecule has 39 heavy (non-hydrogen) atoms. The van der Waals surface area contributed by atoms with E-state index in [1.165, 1.54) is 16.7 Å². The minimum absolute atomic E-state index is 0.0327. The molecule has 0 saturated carbocycles. The molecule has 2 amide bonds. The van der Waals surface area contributed by atoms with Crippen LogP contribution in [0, 0.1) is 11.8 Å². The van der Waals surface area contributed by atoms with Crippen LogP contribution < -0.4 is 9.80 Å². The molecule has 2 fully saturated rings. The lowest BCUT2D eigenvalue weighted by molar-refractivity contribution is -0.154. The topological polar surface area (TPSA) is 90.4 Å². The predicted molar refractivity (Wildman–Crippen MR) is 154 cm³/mol. The highest BCUT2D eigenvalue weighted by atomic mass is 32.2. The Bertz CT molecular complexity index is 1170. The fourth-order valence-electron chi connectivity index (χ4n) is 6.81. The van der Waals surface area contributed by atoms with E-state index in [-0.39, 0.29) is 30.9 Å². The van der Waals surface area contributed by atoms with Crippen molar-refractivity contribution in [3.63, 3.8) is 0 Å². The number of carbonyl (C=O) groups is 3. The number of likely N-dealkylation sites (tertiary alicyclic amines) is 1. The first kappa shape index (κ1) is 27.8. The number of rotatable bonds is 6. The summed E-state index contributed by atoms with van der Waals surface area (Å²) in [6.07, 6.45) is 10.7. The number of anilines is 2. The van der Waals surface area contributed by atoms with Gasteiger partial charge in [0.15, 0.2) is 0 Å². The summed E-state index contributed by atoms with van der Waals surface area (Å²) in [7, 11) is 0. The zero-order chi connectivity index (χ0) is 27.8. The molecule has 1 aromatic rings. The highest BCUT2D eigenvalue weighted by molar-refractivity contribution is 8.02. The molecule has 1 spiro atoms. The maximum atomic E-state index is 14.4. The summed E-state index contributed by atoms with van der Waals surface area (Å²) in [6.45, 7) is 8.44. The lowest BCUT2D eigenvalue weighted by Gasteiger charge is -2.36. The van der Waals surface area contributed by atoms with Gasteiger partial charge in [-0.2, -0.15) is 0 Å². The van der Waals surface area contributed by atoms with Crippen molar-refractivity contribution in [2.45, 2.75) is 55.6 Å². The minimum atomic E-state index is -0.948. The summed E-state index contributed by atoms with van der Waals surface area (Å²) in [5, 5.41) is 9.90. The number of esters is 1. The van der Waals surface area contributed by atoms with E-state index in [1.54, 1.807) is 4.90 Å². The molecule has 1 aromatic carbocycles. The molecule has 1 unspecified atom stereocenters. The summed E-state index contributed by atoms with van der Waals surface area (Å²) in [5.41, 5.74) is 1.84. The van der Waals surface area contributed by atoms with Gasteiger partial charge in [0, 0.05) is 42.3 Å². The SMILES string of the molecule is CCN(CC)c1ccc(N2CC=C[C@]34S[C@@]5(C)/C=C\CCCCOC(=O)[C@H]5[C@H]3C(=O)N(CCO)C4C2=O)cc1. The van der Waals surface area contributed by atoms with Crippen LogP contribution in [0.15, 0.2) is 48.6 Å². The molecule has 4 heterocycles. The summed E-state index contributed by atoms with van der Waals surface area (Å²) in [5.74, 6) is -2.34. The number of amides is 2. The van der Waals surface area contributed by atoms with Crippen molar-refractivity contribution in [2.75, 3.05) is 49.2 Å². The first-order chi connectivity index (χ1) is 18.8. The van der Waals surface area contributed by atoms with Gasteiger partial charge < -0.3 is 24.5 Å². The molecule has 8 nitrogen and oxygen atoms in total. The molecule has 9 heteroatoms. The largest absolute Gasteiger partial charge is 0.465 e. The first-order valence-corrected chi connectivity index (χ1v) is 14.9. The van der Waals surface area contributed by atoms with Gasteiger partial charge in [-0.1, -0.05) is 24.3 Å². The molecule has 0 bridgehead atoms. The van der Waals surface area contributed by atoms with Crippen LogP contribution in [0.4, 0.5) is 11.4 Å². The van der Waals surface area contributed by atoms with Gasteiger partial charge in [0.2, 0.25) is 5.91 Å². The number of nitrogens with zero attached hydrogens (tertiary/aromatic N) is 3. The fourth-order valence-corrected chi connectivity index (χ4v) is 8.96. The van der Waals surface area contributed by atoms with E-state index in [4.69, 9.17) is 4.74 Å². The number of carbonyl (C=O) groups excluding carboxylic acids is 3. The van der Waals surface area contributed by atoms with E-state index in [9.17, 15) is 19.5 Å². The van der Waals surface area contributed by atoms with E-state index in [2.05, 4.69) is 30.9 Å². The molecule has 0 aliphatic carbocycles. The second-order valence-electron chi connectivity index (χ2n) is 10.9. The second kappa shape index (κ2) is 11.0. The third-order valence-corrected chi connectivity index (χ3v) is 10.4. The number of ether oxygens (including phenoxy) is 1. The third kappa shape index (κ3) is 4.57. The molecule has 5 atom stereocenters. The monoisotopic (exact) mass is 553 g/mol. The number of hydrogen-bond donors (Lipinski definition) is 1. The summed E-state index contributed by atoms with van der Waals surface area (Å²) >= 11 is 1.53. The van der Waals surface area contributed by atoms with Crippen LogP contribution in [0.25, 0.3) is 0 Å². The van der Waals surface area contributed by atoms with Gasteiger partial charge >= 0.3 is 5.97 Å². The number of hydrogen-bond acceptors (Lipinski definition) is 7. The van der Waals surface area contributed by atoms with Crippen LogP contribution in [-0.2, 0) is 19.1 Å². The Morgan fingerprint density at radius 2 is 1.77 bits per heavy atom. The molecule has 5 rings (SSSR count). The van der Waals surface area contributed by atoms with Crippen molar-refractivity contribution in [1.82, 2.24) is 4.90 Å². The molecule has 210 valence electrons. The molecule has 1 N–H and O–H groups in total. The van der Waals surface area contributed by atoms with Gasteiger partial charge in [-0.15, -0.1) is 11.8 Å². The number of allylic oxidation sites excluding steroid dienone is 1. The van der Waals surface area contributed by atoms with Crippen LogP contribution >= 0.6 is 11.8 Å². The van der Waals surface area contributed by atoms with Crippen LogP contribution in [0.2, 0.25) is 0 Å². The van der Waals surface area contributed by atoms with Crippen LogP contribution in [0.5, 0.6) is 0 Å². The highest BCUT2D eigenvalue weighted by Gasteiger charge is 2.73. The Morgan fingerprint density at radius 1 is 1.03 bits per heavy atom. The van der Waals surface area contributed by atoms with Gasteiger partial charge in [0.05, 0.1) is 29.8 Å². The summed E-state index contributed by atoms with van der Waals surface area (Å²) < 4.78 is 4.04. The Morgan fingerprint density at radius 3 is 2.46 bits per heavy atom. The standard InChI is InChI=1S/C30H39N3O5S/c1-4-31(5-2)21-11-13-22(14-12-21)32-17-10-16-30-23(26(35)33(18-19-34)25(30)27(32)36)24-28(37)38-20-9-7-6-8-15-29(24,3)39-30/h8,10-16,23-25,34H,4-7,9,17-20H2,1-3H3/b15-8-/t23-,24+,25?,29-,30-/m0/s1. The summed E-state index contributed by atoms with van der Waals surface area (Å²) in [6, 6.07) is 7.10. The highest BCUT2D eigenvalue weighted by Crippen LogP contribution is 2.65. The Balaban J connectivity index is 1.57. The van der Waals surface area contributed by atoms with Crippen LogP contribution in [0.3, 0.4) is 0 Å². The Hall–Kier alpha value is -2.78. The van der Waals surface area contributed by atoms with Crippen molar-refractivity contribution < 1.29 is 24.2 Å². The van der Waals surface area contributed by atoms with Crippen molar-refractivity contribution >= 4 is 40.9 Å². The van der Waals surface area contributed by atoms with Gasteiger partial charge in [-0.05, 0) is 64.3 Å². The predicted octanol–water partition coefficient (Wildman–Crippen LogP) is 3.40. The smallest absolute Gasteiger partial charge is 0.311 e. The van der Waals surface area contributed by atoms with Gasteiger partial charge in [-0.25, -0.2) is 0 Å².